The largest absolute Gasteiger partial charge is 0.492 e. The Balaban J connectivity index is 1.90. The Labute approximate surface area is 299 Å². The van der Waals surface area contributed by atoms with Crippen LogP contribution in [0.1, 0.15) is 25.0 Å². The molecule has 4 rings (SSSR count). The zero-order valence-corrected chi connectivity index (χ0v) is 28.7. The third-order valence-electron chi connectivity index (χ3n) is 7.07. The van der Waals surface area contributed by atoms with E-state index < -0.39 is 29.7 Å². The van der Waals surface area contributed by atoms with Crippen molar-refractivity contribution >= 4 is 29.7 Å². The number of carbonyl (C=O) groups is 5. The lowest BCUT2D eigenvalue weighted by Crippen LogP contribution is -2.19. The van der Waals surface area contributed by atoms with Crippen molar-refractivity contribution < 1.29 is 52.4 Å². The van der Waals surface area contributed by atoms with E-state index in [0.29, 0.717) is 16.9 Å². The fourth-order valence-corrected chi connectivity index (χ4v) is 4.57. The number of Topliss-reactive ketones (excluding diaryl/α,β-unsaturated/α-hetero) is 1. The van der Waals surface area contributed by atoms with Gasteiger partial charge in [-0.1, -0.05) is 68.0 Å². The van der Waals surface area contributed by atoms with Gasteiger partial charge in [0.05, 0.1) is 19.8 Å². The molecule has 4 aromatic carbocycles. The molecule has 0 saturated heterocycles. The Hall–Kier alpha value is -7.19. The third kappa shape index (κ3) is 8.88. The molecule has 0 amide bonds. The summed E-state index contributed by atoms with van der Waals surface area (Å²) in [5, 5.41) is 0. The van der Waals surface area contributed by atoms with Gasteiger partial charge in [0, 0.05) is 30.2 Å². The van der Waals surface area contributed by atoms with E-state index in [1.54, 1.807) is 36.4 Å². The quantitative estimate of drug-likeness (QED) is 0.0519. The Kier molecular flexibility index (Phi) is 12.3. The summed E-state index contributed by atoms with van der Waals surface area (Å²) in [5.74, 6) is 1.60. The van der Waals surface area contributed by atoms with E-state index >= 15 is 0 Å². The third-order valence-corrected chi connectivity index (χ3v) is 7.07. The first kappa shape index (κ1) is 37.6. The van der Waals surface area contributed by atoms with E-state index in [0.717, 1.165) is 30.2 Å². The van der Waals surface area contributed by atoms with Crippen molar-refractivity contribution in [1.82, 2.24) is 0 Å². The summed E-state index contributed by atoms with van der Waals surface area (Å²) in [5.41, 5.74) is 2.63. The number of ether oxygens (including phenoxy) is 6. The Morgan fingerprint density at radius 2 is 1.02 bits per heavy atom. The fourth-order valence-electron chi connectivity index (χ4n) is 4.57. The van der Waals surface area contributed by atoms with Crippen molar-refractivity contribution in [3.8, 4) is 68.6 Å². The molecule has 0 bridgehead atoms. The van der Waals surface area contributed by atoms with Crippen LogP contribution in [0.2, 0.25) is 0 Å². The highest BCUT2D eigenvalue weighted by Crippen LogP contribution is 2.53. The minimum absolute atomic E-state index is 0.0610. The molecule has 262 valence electrons. The van der Waals surface area contributed by atoms with E-state index in [2.05, 4.69) is 31.6 Å². The molecule has 0 radical (unpaired) electrons. The van der Waals surface area contributed by atoms with Crippen molar-refractivity contribution in [2.45, 2.75) is 13.8 Å². The lowest BCUT2D eigenvalue weighted by Gasteiger charge is -2.22. The molecular weight excluding hydrogens is 668 g/mol. The van der Waals surface area contributed by atoms with Gasteiger partial charge >= 0.3 is 23.9 Å². The van der Waals surface area contributed by atoms with Gasteiger partial charge in [-0.15, -0.1) is 0 Å². The molecule has 0 spiro atoms. The lowest BCUT2D eigenvalue weighted by atomic mass is 9.98. The van der Waals surface area contributed by atoms with Gasteiger partial charge in [0.1, 0.15) is 17.1 Å². The maximum atomic E-state index is 13.0. The average Bonchev–Trinajstić information content (AvgIpc) is 3.14. The number of methoxy groups -OCH3 is 2. The summed E-state index contributed by atoms with van der Waals surface area (Å²) in [4.78, 5) is 61.0. The number of hydrogen-bond acceptors (Lipinski definition) is 11. The van der Waals surface area contributed by atoms with Crippen molar-refractivity contribution in [3.63, 3.8) is 0 Å². The number of benzene rings is 4. The molecule has 0 aliphatic rings. The highest BCUT2D eigenvalue weighted by atomic mass is 16.6. The van der Waals surface area contributed by atoms with Gasteiger partial charge in [0.2, 0.25) is 5.78 Å². The van der Waals surface area contributed by atoms with E-state index in [1.165, 1.54) is 45.4 Å². The Morgan fingerprint density at radius 1 is 0.558 bits per heavy atom. The molecule has 0 aliphatic heterocycles. The van der Waals surface area contributed by atoms with Gasteiger partial charge in [-0.25, -0.2) is 19.2 Å². The predicted molar refractivity (Wildman–Crippen MR) is 191 cm³/mol. The first-order valence-corrected chi connectivity index (χ1v) is 15.3. The van der Waals surface area contributed by atoms with Crippen LogP contribution >= 0.6 is 0 Å². The van der Waals surface area contributed by atoms with Gasteiger partial charge in [0.15, 0.2) is 23.0 Å². The summed E-state index contributed by atoms with van der Waals surface area (Å²) in [6, 6.07) is 20.0. The molecule has 0 saturated carbocycles. The minimum atomic E-state index is -1.22. The summed E-state index contributed by atoms with van der Waals surface area (Å²) in [6.45, 7) is 12.9. The zero-order valence-electron chi connectivity index (χ0n) is 28.7. The van der Waals surface area contributed by atoms with Crippen LogP contribution < -0.4 is 28.4 Å². The van der Waals surface area contributed by atoms with Crippen LogP contribution in [0.15, 0.2) is 110 Å². The Bertz CT molecular complexity index is 2150. The van der Waals surface area contributed by atoms with Crippen LogP contribution in [0.25, 0.3) is 22.3 Å². The molecule has 52 heavy (non-hydrogen) atoms. The molecule has 0 fully saturated rings. The smallest absolute Gasteiger partial charge is 0.379 e. The average molecular weight is 701 g/mol. The molecular formula is C41H32O11. The molecule has 0 aromatic heterocycles. The molecule has 4 aromatic rings. The van der Waals surface area contributed by atoms with Crippen molar-refractivity contribution in [2.24, 2.45) is 0 Å². The highest BCUT2D eigenvalue weighted by molar-refractivity contribution is 6.33. The number of rotatable bonds is 12. The number of hydrogen-bond donors (Lipinski definition) is 0. The molecule has 0 N–H and O–H groups in total. The summed E-state index contributed by atoms with van der Waals surface area (Å²) in [6.07, 6.45) is 2.08. The predicted octanol–water partition coefficient (Wildman–Crippen LogP) is 6.60. The van der Waals surface area contributed by atoms with Crippen LogP contribution in [0, 0.1) is 11.8 Å². The first-order valence-electron chi connectivity index (χ1n) is 15.3. The van der Waals surface area contributed by atoms with E-state index in [-0.39, 0.29) is 45.4 Å². The van der Waals surface area contributed by atoms with Crippen molar-refractivity contribution in [2.75, 3.05) is 14.2 Å². The van der Waals surface area contributed by atoms with E-state index in [4.69, 9.17) is 28.4 Å². The van der Waals surface area contributed by atoms with Crippen molar-refractivity contribution in [3.05, 3.63) is 121 Å². The highest BCUT2D eigenvalue weighted by Gasteiger charge is 2.32. The maximum Gasteiger partial charge on any atom is 0.379 e. The second-order valence-corrected chi connectivity index (χ2v) is 10.7. The van der Waals surface area contributed by atoms with Gasteiger partial charge in [-0.05, 0) is 60.0 Å². The van der Waals surface area contributed by atoms with Crippen LogP contribution in [-0.4, -0.2) is 43.9 Å². The number of carbonyl (C=O) groups excluding carboxylic acids is 5. The Morgan fingerprint density at radius 3 is 1.46 bits per heavy atom. The normalized spacial score (nSPS) is 10.0. The maximum absolute atomic E-state index is 13.0. The van der Waals surface area contributed by atoms with Crippen LogP contribution in [0.3, 0.4) is 0 Å². The second-order valence-electron chi connectivity index (χ2n) is 10.7. The SMILES string of the molecule is C=CC(=O)Oc1ccc(-c2ccc(C#Cc3c(OC(=O)C(C)=O)c(OC)c(-c4ccc(OC(=O)C=C)cc4)c(OC(=O)C(=C)C)c3OC)cc2)cc1. The molecule has 11 nitrogen and oxygen atoms in total. The van der Waals surface area contributed by atoms with Crippen LogP contribution in [-0.2, 0) is 24.0 Å². The van der Waals surface area contributed by atoms with E-state index in [1.807, 2.05) is 12.1 Å². The van der Waals surface area contributed by atoms with Gasteiger partial charge < -0.3 is 28.4 Å². The molecule has 11 heteroatoms. The van der Waals surface area contributed by atoms with Gasteiger partial charge in [-0.3, -0.25) is 4.79 Å². The van der Waals surface area contributed by atoms with Crippen molar-refractivity contribution in [1.29, 1.82) is 0 Å². The fraction of sp³-hybridized carbons (Fsp3) is 0.0976. The van der Waals surface area contributed by atoms with Gasteiger partial charge in [0.25, 0.3) is 0 Å². The number of ketones is 1. The molecule has 0 atom stereocenters. The van der Waals surface area contributed by atoms with Crippen LogP contribution in [0.4, 0.5) is 0 Å². The molecule has 0 aliphatic carbocycles. The molecule has 0 heterocycles. The number of esters is 4. The molecule has 0 unspecified atom stereocenters. The monoisotopic (exact) mass is 700 g/mol. The minimum Gasteiger partial charge on any atom is -0.492 e. The summed E-state index contributed by atoms with van der Waals surface area (Å²) in [7, 11) is 2.58. The first-order chi connectivity index (χ1) is 24.9. The standard InChI is InChI=1S/C41H32O11/c1-8-33(43)49-30-19-15-28(16-20-30)27-13-10-26(11-14-27)12-23-32-36(47-6)39(52-40(45)24(3)4)35(38(48-7)37(32)51-41(46)25(5)42)29-17-21-31(22-18-29)50-34(44)9-2/h8-11,13-22H,1-3H2,4-7H3. The zero-order chi connectivity index (χ0) is 37.9. The summed E-state index contributed by atoms with van der Waals surface area (Å²) < 4.78 is 33.1. The van der Waals surface area contributed by atoms with Gasteiger partial charge in [-0.2, -0.15) is 0 Å². The lowest BCUT2D eigenvalue weighted by molar-refractivity contribution is -0.146. The van der Waals surface area contributed by atoms with E-state index in [9.17, 15) is 24.0 Å². The summed E-state index contributed by atoms with van der Waals surface area (Å²) >= 11 is 0. The topological polar surface area (TPSA) is 141 Å². The second kappa shape index (κ2) is 17.0. The van der Waals surface area contributed by atoms with Crippen LogP contribution in [0.5, 0.6) is 34.5 Å².